The predicted molar refractivity (Wildman–Crippen MR) is 117 cm³/mol. The maximum atomic E-state index is 12.7. The lowest BCUT2D eigenvalue weighted by atomic mass is 10.2. The molecule has 1 N–H and O–H groups in total. The van der Waals surface area contributed by atoms with Crippen LogP contribution in [0.15, 0.2) is 58.8 Å². The molecule has 3 rings (SSSR count). The molecule has 0 aliphatic carbocycles. The minimum Gasteiger partial charge on any atom is -0.298 e. The zero-order chi connectivity index (χ0) is 21.0. The number of aromatic nitrogens is 1. The molecule has 0 saturated heterocycles. The third-order valence-electron chi connectivity index (χ3n) is 4.32. The molecule has 9 heteroatoms. The normalized spacial score (nSPS) is 11.6. The molecule has 0 saturated carbocycles. The summed E-state index contributed by atoms with van der Waals surface area (Å²) in [5, 5.41) is 5.11. The Kier molecular flexibility index (Phi) is 6.69. The van der Waals surface area contributed by atoms with Crippen LogP contribution in [0.5, 0.6) is 0 Å². The molecule has 0 aliphatic heterocycles. The predicted octanol–water partition coefficient (Wildman–Crippen LogP) is 4.75. The molecule has 152 valence electrons. The number of amides is 1. The van der Waals surface area contributed by atoms with E-state index in [1.165, 1.54) is 33.8 Å². The van der Waals surface area contributed by atoms with Crippen molar-refractivity contribution in [2.45, 2.75) is 18.7 Å². The quantitative estimate of drug-likeness (QED) is 0.564. The molecule has 0 bridgehead atoms. The lowest BCUT2D eigenvalue weighted by molar-refractivity contribution is 0.102. The van der Waals surface area contributed by atoms with Crippen LogP contribution < -0.4 is 5.32 Å². The topological polar surface area (TPSA) is 79.4 Å². The van der Waals surface area contributed by atoms with Gasteiger partial charge in [-0.05, 0) is 18.2 Å². The summed E-state index contributed by atoms with van der Waals surface area (Å²) in [6, 6.07) is 13.7. The number of rotatable bonds is 7. The van der Waals surface area contributed by atoms with Gasteiger partial charge >= 0.3 is 0 Å². The monoisotopic (exact) mass is 449 g/mol. The standard InChI is InChI=1S/C20H20ClN3O3S2/c1-3-24(4-2)29(26,27)15-10-11-17(21)16(12-15)19(25)23-20-22-18(13-28-20)14-8-6-5-7-9-14/h5-13H,3-4H2,1-2H3,(H,22,23,25). The Hall–Kier alpha value is -2.26. The Morgan fingerprint density at radius 1 is 1.14 bits per heavy atom. The van der Waals surface area contributed by atoms with Crippen LogP contribution in [0, 0.1) is 0 Å². The van der Waals surface area contributed by atoms with Gasteiger partial charge in [0.25, 0.3) is 5.91 Å². The first-order chi connectivity index (χ1) is 13.9. The van der Waals surface area contributed by atoms with Gasteiger partial charge in [-0.3, -0.25) is 10.1 Å². The first kappa shape index (κ1) is 21.4. The summed E-state index contributed by atoms with van der Waals surface area (Å²) in [5.41, 5.74) is 1.76. The van der Waals surface area contributed by atoms with Crippen molar-refractivity contribution in [2.24, 2.45) is 0 Å². The summed E-state index contributed by atoms with van der Waals surface area (Å²) >= 11 is 7.45. The van der Waals surface area contributed by atoms with Gasteiger partial charge in [0.2, 0.25) is 10.0 Å². The molecule has 29 heavy (non-hydrogen) atoms. The molecular weight excluding hydrogens is 430 g/mol. The molecule has 3 aromatic rings. The number of benzene rings is 2. The van der Waals surface area contributed by atoms with Crippen molar-refractivity contribution in [2.75, 3.05) is 18.4 Å². The van der Waals surface area contributed by atoms with E-state index in [1.54, 1.807) is 13.8 Å². The second-order valence-electron chi connectivity index (χ2n) is 6.09. The molecule has 1 amide bonds. The van der Waals surface area contributed by atoms with Crippen LogP contribution in [0.1, 0.15) is 24.2 Å². The highest BCUT2D eigenvalue weighted by Crippen LogP contribution is 2.27. The van der Waals surface area contributed by atoms with E-state index < -0.39 is 15.9 Å². The van der Waals surface area contributed by atoms with Gasteiger partial charge in [0.1, 0.15) is 0 Å². The first-order valence-electron chi connectivity index (χ1n) is 8.98. The Morgan fingerprint density at radius 3 is 2.48 bits per heavy atom. The number of anilines is 1. The van der Waals surface area contributed by atoms with Gasteiger partial charge in [-0.2, -0.15) is 4.31 Å². The zero-order valence-corrected chi connectivity index (χ0v) is 18.3. The molecule has 0 unspecified atom stereocenters. The van der Waals surface area contributed by atoms with Crippen LogP contribution >= 0.6 is 22.9 Å². The summed E-state index contributed by atoms with van der Waals surface area (Å²) < 4.78 is 26.8. The largest absolute Gasteiger partial charge is 0.298 e. The number of nitrogens with zero attached hydrogens (tertiary/aromatic N) is 2. The van der Waals surface area contributed by atoms with Crippen LogP contribution in [-0.4, -0.2) is 36.7 Å². The van der Waals surface area contributed by atoms with E-state index in [-0.39, 0.29) is 15.5 Å². The second kappa shape index (κ2) is 9.04. The first-order valence-corrected chi connectivity index (χ1v) is 11.7. The van der Waals surface area contributed by atoms with Crippen molar-refractivity contribution in [3.05, 3.63) is 64.5 Å². The molecule has 0 radical (unpaired) electrons. The molecule has 0 spiro atoms. The zero-order valence-electron chi connectivity index (χ0n) is 15.9. The number of carbonyl (C=O) groups is 1. The molecule has 0 atom stereocenters. The van der Waals surface area contributed by atoms with E-state index in [1.807, 2.05) is 35.7 Å². The molecule has 1 aromatic heterocycles. The van der Waals surface area contributed by atoms with Crippen molar-refractivity contribution in [1.82, 2.24) is 9.29 Å². The number of nitrogens with one attached hydrogen (secondary N) is 1. The fourth-order valence-electron chi connectivity index (χ4n) is 2.79. The fourth-order valence-corrected chi connectivity index (χ4v) is 5.19. The molecule has 0 aliphatic rings. The number of thiazole rings is 1. The highest BCUT2D eigenvalue weighted by molar-refractivity contribution is 7.89. The van der Waals surface area contributed by atoms with Crippen molar-refractivity contribution in [3.8, 4) is 11.3 Å². The number of hydrogen-bond donors (Lipinski definition) is 1. The Bertz CT molecular complexity index is 1110. The van der Waals surface area contributed by atoms with Gasteiger partial charge in [0.15, 0.2) is 5.13 Å². The lowest BCUT2D eigenvalue weighted by Crippen LogP contribution is -2.30. The summed E-state index contributed by atoms with van der Waals surface area (Å²) in [7, 11) is -3.70. The van der Waals surface area contributed by atoms with Crippen LogP contribution in [0.25, 0.3) is 11.3 Å². The van der Waals surface area contributed by atoms with Crippen molar-refractivity contribution in [3.63, 3.8) is 0 Å². The summed E-state index contributed by atoms with van der Waals surface area (Å²) in [5.74, 6) is -0.513. The van der Waals surface area contributed by atoms with Gasteiger partial charge in [0, 0.05) is 24.0 Å². The third kappa shape index (κ3) is 4.67. The summed E-state index contributed by atoms with van der Waals surface area (Å²) in [6.45, 7) is 4.20. The van der Waals surface area contributed by atoms with Crippen LogP contribution in [0.3, 0.4) is 0 Å². The molecule has 1 heterocycles. The van der Waals surface area contributed by atoms with Gasteiger partial charge in [-0.15, -0.1) is 11.3 Å². The van der Waals surface area contributed by atoms with Gasteiger partial charge in [-0.1, -0.05) is 55.8 Å². The van der Waals surface area contributed by atoms with Gasteiger partial charge in [0.05, 0.1) is 21.2 Å². The maximum Gasteiger partial charge on any atom is 0.259 e. The van der Waals surface area contributed by atoms with Crippen LogP contribution in [0.2, 0.25) is 5.02 Å². The fraction of sp³-hybridized carbons (Fsp3) is 0.200. The molecule has 0 fully saturated rings. The number of sulfonamides is 1. The molecule has 2 aromatic carbocycles. The van der Waals surface area contributed by atoms with E-state index >= 15 is 0 Å². The number of carbonyl (C=O) groups excluding carboxylic acids is 1. The second-order valence-corrected chi connectivity index (χ2v) is 9.29. The van der Waals surface area contributed by atoms with E-state index in [0.29, 0.717) is 18.2 Å². The highest BCUT2D eigenvalue weighted by atomic mass is 35.5. The van der Waals surface area contributed by atoms with Gasteiger partial charge < -0.3 is 0 Å². The van der Waals surface area contributed by atoms with Crippen molar-refractivity contribution < 1.29 is 13.2 Å². The average Bonchev–Trinajstić information content (AvgIpc) is 3.18. The Morgan fingerprint density at radius 2 is 1.83 bits per heavy atom. The molecular formula is C20H20ClN3O3S2. The van der Waals surface area contributed by atoms with Crippen molar-refractivity contribution >= 4 is 44.0 Å². The van der Waals surface area contributed by atoms with E-state index in [4.69, 9.17) is 11.6 Å². The minimum atomic E-state index is -3.70. The van der Waals surface area contributed by atoms with E-state index in [0.717, 1.165) is 11.3 Å². The SMILES string of the molecule is CCN(CC)S(=O)(=O)c1ccc(Cl)c(C(=O)Nc2nc(-c3ccccc3)cs2)c1. The Balaban J connectivity index is 1.86. The van der Waals surface area contributed by atoms with Crippen LogP contribution in [0.4, 0.5) is 5.13 Å². The summed E-state index contributed by atoms with van der Waals surface area (Å²) in [6.07, 6.45) is 0. The summed E-state index contributed by atoms with van der Waals surface area (Å²) in [4.78, 5) is 17.2. The highest BCUT2D eigenvalue weighted by Gasteiger charge is 2.24. The molecule has 6 nitrogen and oxygen atoms in total. The van der Waals surface area contributed by atoms with Crippen LogP contribution in [-0.2, 0) is 10.0 Å². The number of hydrogen-bond acceptors (Lipinski definition) is 5. The van der Waals surface area contributed by atoms with E-state index in [2.05, 4.69) is 10.3 Å². The van der Waals surface area contributed by atoms with Crippen molar-refractivity contribution in [1.29, 1.82) is 0 Å². The third-order valence-corrected chi connectivity index (χ3v) is 7.45. The smallest absolute Gasteiger partial charge is 0.259 e. The Labute approximate surface area is 179 Å². The minimum absolute atomic E-state index is 0.0277. The maximum absolute atomic E-state index is 12.7. The van der Waals surface area contributed by atoms with Gasteiger partial charge in [-0.25, -0.2) is 13.4 Å². The number of halogens is 1. The lowest BCUT2D eigenvalue weighted by Gasteiger charge is -2.19. The average molecular weight is 450 g/mol. The van der Waals surface area contributed by atoms with E-state index in [9.17, 15) is 13.2 Å².